The molecule has 0 aliphatic carbocycles. The van der Waals surface area contributed by atoms with Crippen molar-refractivity contribution < 1.29 is 8.83 Å². The van der Waals surface area contributed by atoms with Crippen LogP contribution in [0.3, 0.4) is 0 Å². The fraction of sp³-hybridized carbons (Fsp3) is 0.250. The second kappa shape index (κ2) is 4.94. The zero-order valence-electron chi connectivity index (χ0n) is 11.1. The van der Waals surface area contributed by atoms with Gasteiger partial charge >= 0.3 is 0 Å². The lowest BCUT2D eigenvalue weighted by atomic mass is 10.1. The molecule has 0 bridgehead atoms. The van der Waals surface area contributed by atoms with Gasteiger partial charge in [-0.15, -0.1) is 0 Å². The Balaban J connectivity index is 1.95. The molecule has 19 heavy (non-hydrogen) atoms. The SMILES string of the molecule is CC(C)NCc1occc1-c1cc2ccccc2o1. The molecule has 0 radical (unpaired) electrons. The first kappa shape index (κ1) is 12.1. The van der Waals surface area contributed by atoms with Crippen molar-refractivity contribution in [2.24, 2.45) is 0 Å². The van der Waals surface area contributed by atoms with Gasteiger partial charge in [0.25, 0.3) is 0 Å². The Kier molecular flexibility index (Phi) is 3.13. The molecule has 0 amide bonds. The quantitative estimate of drug-likeness (QED) is 0.759. The molecule has 3 rings (SSSR count). The van der Waals surface area contributed by atoms with Crippen LogP contribution in [0, 0.1) is 0 Å². The van der Waals surface area contributed by atoms with Crippen LogP contribution < -0.4 is 5.32 Å². The maximum Gasteiger partial charge on any atom is 0.138 e. The predicted octanol–water partition coefficient (Wildman–Crippen LogP) is 4.19. The van der Waals surface area contributed by atoms with E-state index in [1.54, 1.807) is 6.26 Å². The van der Waals surface area contributed by atoms with Crippen LogP contribution in [0.2, 0.25) is 0 Å². The van der Waals surface area contributed by atoms with E-state index in [-0.39, 0.29) is 0 Å². The van der Waals surface area contributed by atoms with Crippen molar-refractivity contribution in [2.45, 2.75) is 26.4 Å². The highest BCUT2D eigenvalue weighted by atomic mass is 16.3. The van der Waals surface area contributed by atoms with Gasteiger partial charge in [-0.1, -0.05) is 32.0 Å². The normalized spacial score (nSPS) is 11.5. The molecule has 0 unspecified atom stereocenters. The van der Waals surface area contributed by atoms with E-state index >= 15 is 0 Å². The Morgan fingerprint density at radius 3 is 2.79 bits per heavy atom. The second-order valence-corrected chi connectivity index (χ2v) is 4.94. The van der Waals surface area contributed by atoms with E-state index in [9.17, 15) is 0 Å². The van der Waals surface area contributed by atoms with Gasteiger partial charge in [0.2, 0.25) is 0 Å². The van der Waals surface area contributed by atoms with Gasteiger partial charge in [0, 0.05) is 11.4 Å². The molecule has 0 saturated heterocycles. The van der Waals surface area contributed by atoms with E-state index < -0.39 is 0 Å². The summed E-state index contributed by atoms with van der Waals surface area (Å²) in [5.74, 6) is 1.77. The Labute approximate surface area is 112 Å². The first-order chi connectivity index (χ1) is 9.24. The molecule has 3 aromatic rings. The molecule has 0 aliphatic rings. The second-order valence-electron chi connectivity index (χ2n) is 4.94. The number of rotatable bonds is 4. The first-order valence-electron chi connectivity index (χ1n) is 6.53. The molecule has 2 aromatic heterocycles. The maximum absolute atomic E-state index is 5.87. The first-order valence-corrected chi connectivity index (χ1v) is 6.53. The minimum atomic E-state index is 0.425. The van der Waals surface area contributed by atoms with E-state index in [0.29, 0.717) is 12.6 Å². The number of furan rings is 2. The Morgan fingerprint density at radius 1 is 1.16 bits per heavy atom. The topological polar surface area (TPSA) is 38.3 Å². The average Bonchev–Trinajstić information content (AvgIpc) is 3.02. The summed E-state index contributed by atoms with van der Waals surface area (Å²) in [7, 11) is 0. The number of fused-ring (bicyclic) bond motifs is 1. The van der Waals surface area contributed by atoms with Crippen molar-refractivity contribution in [1.29, 1.82) is 0 Å². The minimum absolute atomic E-state index is 0.425. The van der Waals surface area contributed by atoms with E-state index in [0.717, 1.165) is 28.1 Å². The van der Waals surface area contributed by atoms with Crippen LogP contribution in [0.25, 0.3) is 22.3 Å². The zero-order chi connectivity index (χ0) is 13.2. The lowest BCUT2D eigenvalue weighted by Gasteiger charge is -2.06. The number of hydrogen-bond acceptors (Lipinski definition) is 3. The lowest BCUT2D eigenvalue weighted by Crippen LogP contribution is -2.21. The van der Waals surface area contributed by atoms with Crippen LogP contribution >= 0.6 is 0 Å². The molecule has 1 aromatic carbocycles. The molecule has 1 N–H and O–H groups in total. The average molecular weight is 255 g/mol. The zero-order valence-corrected chi connectivity index (χ0v) is 11.1. The number of benzene rings is 1. The Morgan fingerprint density at radius 2 is 2.00 bits per heavy atom. The smallest absolute Gasteiger partial charge is 0.138 e. The van der Waals surface area contributed by atoms with E-state index in [4.69, 9.17) is 8.83 Å². The van der Waals surface area contributed by atoms with Crippen molar-refractivity contribution in [3.63, 3.8) is 0 Å². The van der Waals surface area contributed by atoms with E-state index in [1.807, 2.05) is 24.3 Å². The summed E-state index contributed by atoms with van der Waals surface area (Å²) >= 11 is 0. The molecule has 0 saturated carbocycles. The standard InChI is InChI=1S/C16H17NO2/c1-11(2)17-10-16-13(7-8-18-16)15-9-12-5-3-4-6-14(12)19-15/h3-9,11,17H,10H2,1-2H3. The Hall–Kier alpha value is -2.00. The van der Waals surface area contributed by atoms with Crippen LogP contribution in [0.4, 0.5) is 0 Å². The molecular weight excluding hydrogens is 238 g/mol. The number of nitrogens with one attached hydrogen (secondary N) is 1. The largest absolute Gasteiger partial charge is 0.467 e. The van der Waals surface area contributed by atoms with Crippen molar-refractivity contribution in [2.75, 3.05) is 0 Å². The molecule has 0 aliphatic heterocycles. The third-order valence-electron chi connectivity index (χ3n) is 3.11. The van der Waals surface area contributed by atoms with Crippen molar-refractivity contribution in [3.05, 3.63) is 48.4 Å². The van der Waals surface area contributed by atoms with Gasteiger partial charge in [0.15, 0.2) is 0 Å². The van der Waals surface area contributed by atoms with Crippen LogP contribution in [0.15, 0.2) is 51.5 Å². The summed E-state index contributed by atoms with van der Waals surface area (Å²) in [6.45, 7) is 4.94. The fourth-order valence-corrected chi connectivity index (χ4v) is 2.11. The van der Waals surface area contributed by atoms with Gasteiger partial charge in [-0.25, -0.2) is 0 Å². The summed E-state index contributed by atoms with van der Waals surface area (Å²) < 4.78 is 11.4. The van der Waals surface area contributed by atoms with Crippen molar-refractivity contribution in [1.82, 2.24) is 5.32 Å². The van der Waals surface area contributed by atoms with E-state index in [1.165, 1.54) is 0 Å². The molecule has 0 atom stereocenters. The summed E-state index contributed by atoms with van der Waals surface area (Å²) in [4.78, 5) is 0. The van der Waals surface area contributed by atoms with Gasteiger partial charge < -0.3 is 14.2 Å². The lowest BCUT2D eigenvalue weighted by molar-refractivity contribution is 0.464. The molecule has 3 nitrogen and oxygen atoms in total. The van der Waals surface area contributed by atoms with E-state index in [2.05, 4.69) is 31.3 Å². The van der Waals surface area contributed by atoms with Crippen LogP contribution in [-0.2, 0) is 6.54 Å². The van der Waals surface area contributed by atoms with Crippen molar-refractivity contribution in [3.8, 4) is 11.3 Å². The Bertz CT molecular complexity index is 646. The fourth-order valence-electron chi connectivity index (χ4n) is 2.11. The molecule has 2 heterocycles. The molecular formula is C16H17NO2. The number of hydrogen-bond donors (Lipinski definition) is 1. The minimum Gasteiger partial charge on any atom is -0.467 e. The summed E-state index contributed by atoms with van der Waals surface area (Å²) in [6.07, 6.45) is 1.71. The van der Waals surface area contributed by atoms with Gasteiger partial charge in [0.05, 0.1) is 18.4 Å². The summed E-state index contributed by atoms with van der Waals surface area (Å²) in [5.41, 5.74) is 1.92. The highest BCUT2D eigenvalue weighted by Crippen LogP contribution is 2.30. The third kappa shape index (κ3) is 2.42. The van der Waals surface area contributed by atoms with Gasteiger partial charge in [-0.3, -0.25) is 0 Å². The summed E-state index contributed by atoms with van der Waals surface area (Å²) in [5, 5.41) is 4.47. The van der Waals surface area contributed by atoms with Crippen LogP contribution in [-0.4, -0.2) is 6.04 Å². The highest BCUT2D eigenvalue weighted by Gasteiger charge is 2.13. The van der Waals surface area contributed by atoms with Crippen LogP contribution in [0.5, 0.6) is 0 Å². The molecule has 0 fully saturated rings. The maximum atomic E-state index is 5.87. The van der Waals surface area contributed by atoms with Crippen LogP contribution in [0.1, 0.15) is 19.6 Å². The molecule has 98 valence electrons. The predicted molar refractivity (Wildman–Crippen MR) is 75.9 cm³/mol. The number of para-hydroxylation sites is 1. The van der Waals surface area contributed by atoms with Gasteiger partial charge in [-0.2, -0.15) is 0 Å². The molecule has 0 spiro atoms. The van der Waals surface area contributed by atoms with Crippen molar-refractivity contribution >= 4 is 11.0 Å². The third-order valence-corrected chi connectivity index (χ3v) is 3.11. The molecule has 3 heteroatoms. The van der Waals surface area contributed by atoms with Gasteiger partial charge in [-0.05, 0) is 18.2 Å². The highest BCUT2D eigenvalue weighted by molar-refractivity contribution is 5.83. The van der Waals surface area contributed by atoms with Gasteiger partial charge in [0.1, 0.15) is 17.1 Å². The summed E-state index contributed by atoms with van der Waals surface area (Å²) in [6, 6.07) is 12.5. The monoisotopic (exact) mass is 255 g/mol.